The van der Waals surface area contributed by atoms with Gasteiger partial charge in [-0.2, -0.15) is 0 Å². The van der Waals surface area contributed by atoms with Gasteiger partial charge in [-0.25, -0.2) is 0 Å². The Kier molecular flexibility index (Phi) is 3.90. The minimum Gasteiger partial charge on any atom is -0.469 e. The molecule has 0 atom stereocenters. The van der Waals surface area contributed by atoms with Gasteiger partial charge in [-0.3, -0.25) is 9.59 Å². The molecule has 4 nitrogen and oxygen atoms in total. The number of aryl methyl sites for hydroxylation is 2. The number of carbonyl (C=O) groups is 1. The molecule has 100 valence electrons. The number of nitrogens with zero attached hydrogens (tertiary/aromatic N) is 1. The summed E-state index contributed by atoms with van der Waals surface area (Å²) in [5.41, 5.74) is 1.54. The minimum atomic E-state index is -0.287. The number of halogens is 1. The number of hydrogen-bond acceptors (Lipinski definition) is 3. The third-order valence-corrected chi connectivity index (χ3v) is 3.45. The van der Waals surface area contributed by atoms with Crippen LogP contribution in [0.15, 0.2) is 29.2 Å². The van der Waals surface area contributed by atoms with Crippen molar-refractivity contribution in [2.75, 3.05) is 7.11 Å². The van der Waals surface area contributed by atoms with E-state index in [0.29, 0.717) is 17.0 Å². The molecule has 0 radical (unpaired) electrons. The fraction of sp³-hybridized carbons (Fsp3) is 0.286. The van der Waals surface area contributed by atoms with Gasteiger partial charge in [-0.05, 0) is 24.6 Å². The van der Waals surface area contributed by atoms with Crippen LogP contribution in [-0.4, -0.2) is 17.6 Å². The van der Waals surface area contributed by atoms with E-state index in [4.69, 9.17) is 11.6 Å². The molecular formula is C14H14ClNO3. The molecule has 0 aliphatic rings. The summed E-state index contributed by atoms with van der Waals surface area (Å²) in [5.74, 6) is -0.287. The number of aromatic nitrogens is 1. The van der Waals surface area contributed by atoms with Crippen LogP contribution in [0.4, 0.5) is 0 Å². The van der Waals surface area contributed by atoms with Crippen LogP contribution in [0.25, 0.3) is 10.9 Å². The molecule has 0 spiro atoms. The lowest BCUT2D eigenvalue weighted by Crippen LogP contribution is -2.11. The molecule has 1 aromatic heterocycles. The Morgan fingerprint density at radius 2 is 2.16 bits per heavy atom. The van der Waals surface area contributed by atoms with Crippen LogP contribution in [0.2, 0.25) is 5.02 Å². The van der Waals surface area contributed by atoms with E-state index in [2.05, 4.69) is 4.74 Å². The average Bonchev–Trinajstić information content (AvgIpc) is 2.40. The Morgan fingerprint density at radius 3 is 2.84 bits per heavy atom. The summed E-state index contributed by atoms with van der Waals surface area (Å²) >= 11 is 6.09. The van der Waals surface area contributed by atoms with Crippen molar-refractivity contribution in [3.63, 3.8) is 0 Å². The van der Waals surface area contributed by atoms with Gasteiger partial charge < -0.3 is 9.30 Å². The molecule has 0 N–H and O–H groups in total. The fourth-order valence-electron chi connectivity index (χ4n) is 1.94. The van der Waals surface area contributed by atoms with Gasteiger partial charge in [0, 0.05) is 29.2 Å². The highest BCUT2D eigenvalue weighted by atomic mass is 35.5. The quantitative estimate of drug-likeness (QED) is 0.811. The molecule has 0 bridgehead atoms. The lowest BCUT2D eigenvalue weighted by Gasteiger charge is -2.11. The smallest absolute Gasteiger partial charge is 0.307 e. The van der Waals surface area contributed by atoms with Gasteiger partial charge in [0.2, 0.25) is 0 Å². The molecule has 0 aliphatic carbocycles. The Morgan fingerprint density at radius 1 is 1.42 bits per heavy atom. The second-order valence-corrected chi connectivity index (χ2v) is 4.73. The molecule has 2 rings (SSSR count). The zero-order valence-electron chi connectivity index (χ0n) is 10.8. The van der Waals surface area contributed by atoms with E-state index < -0.39 is 0 Å². The van der Waals surface area contributed by atoms with Crippen LogP contribution >= 0.6 is 11.6 Å². The maximum atomic E-state index is 11.8. The molecule has 1 heterocycles. The Bertz CT molecular complexity index is 691. The summed E-state index contributed by atoms with van der Waals surface area (Å²) < 4.78 is 6.44. The summed E-state index contributed by atoms with van der Waals surface area (Å²) in [6.07, 6.45) is 1.92. The molecule has 5 heteroatoms. The lowest BCUT2D eigenvalue weighted by atomic mass is 10.1. The molecule has 19 heavy (non-hydrogen) atoms. The number of benzene rings is 1. The van der Waals surface area contributed by atoms with Crippen molar-refractivity contribution in [1.29, 1.82) is 0 Å². The molecular weight excluding hydrogens is 266 g/mol. The number of esters is 1. The third kappa shape index (κ3) is 2.79. The highest BCUT2D eigenvalue weighted by Gasteiger charge is 2.08. The molecule has 0 amide bonds. The van der Waals surface area contributed by atoms with Gasteiger partial charge in [0.1, 0.15) is 0 Å². The van der Waals surface area contributed by atoms with Gasteiger partial charge in [-0.1, -0.05) is 11.6 Å². The van der Waals surface area contributed by atoms with Crippen molar-refractivity contribution in [3.8, 4) is 0 Å². The number of hydrogen-bond donors (Lipinski definition) is 0. The Labute approximate surface area is 115 Å². The van der Waals surface area contributed by atoms with E-state index >= 15 is 0 Å². The lowest BCUT2D eigenvalue weighted by molar-refractivity contribution is -0.140. The van der Waals surface area contributed by atoms with E-state index in [1.165, 1.54) is 13.2 Å². The first-order valence-electron chi connectivity index (χ1n) is 5.89. The second kappa shape index (κ2) is 5.45. The van der Waals surface area contributed by atoms with Gasteiger partial charge in [-0.15, -0.1) is 0 Å². The van der Waals surface area contributed by atoms with E-state index in [-0.39, 0.29) is 17.8 Å². The highest BCUT2D eigenvalue weighted by molar-refractivity contribution is 6.32. The van der Waals surface area contributed by atoms with Crippen LogP contribution in [0.5, 0.6) is 0 Å². The number of ether oxygens (including phenoxy) is 1. The molecule has 0 saturated carbocycles. The second-order valence-electron chi connectivity index (χ2n) is 4.32. The standard InChI is InChI=1S/C14H14ClNO3/c1-9-7-10-12(8-11(9)15)16(5-3-13(10)17)6-4-14(18)19-2/h3,5,7-8H,4,6H2,1-2H3. The predicted molar refractivity (Wildman–Crippen MR) is 74.6 cm³/mol. The summed E-state index contributed by atoms with van der Waals surface area (Å²) in [4.78, 5) is 23.0. The van der Waals surface area contributed by atoms with Crippen molar-refractivity contribution < 1.29 is 9.53 Å². The molecule has 0 unspecified atom stereocenters. The topological polar surface area (TPSA) is 48.3 Å². The summed E-state index contributed by atoms with van der Waals surface area (Å²) in [6, 6.07) is 5.02. The number of pyridine rings is 1. The Hall–Kier alpha value is -1.81. The van der Waals surface area contributed by atoms with Crippen LogP contribution < -0.4 is 5.43 Å². The van der Waals surface area contributed by atoms with Crippen LogP contribution in [0, 0.1) is 6.92 Å². The average molecular weight is 280 g/mol. The van der Waals surface area contributed by atoms with E-state index in [1.807, 2.05) is 11.5 Å². The zero-order chi connectivity index (χ0) is 14.0. The van der Waals surface area contributed by atoms with Crippen molar-refractivity contribution in [3.05, 3.63) is 45.2 Å². The number of rotatable bonds is 3. The van der Waals surface area contributed by atoms with Gasteiger partial charge >= 0.3 is 5.97 Å². The highest BCUT2D eigenvalue weighted by Crippen LogP contribution is 2.21. The molecule has 0 aliphatic heterocycles. The van der Waals surface area contributed by atoms with Crippen LogP contribution in [0.1, 0.15) is 12.0 Å². The van der Waals surface area contributed by atoms with Crippen molar-refractivity contribution in [2.45, 2.75) is 19.9 Å². The van der Waals surface area contributed by atoms with Crippen molar-refractivity contribution >= 4 is 28.5 Å². The molecule has 1 aromatic carbocycles. The van der Waals surface area contributed by atoms with Gasteiger partial charge in [0.05, 0.1) is 19.0 Å². The first-order valence-corrected chi connectivity index (χ1v) is 6.27. The van der Waals surface area contributed by atoms with Gasteiger partial charge in [0.15, 0.2) is 5.43 Å². The minimum absolute atomic E-state index is 0.0518. The fourth-order valence-corrected chi connectivity index (χ4v) is 2.10. The maximum Gasteiger partial charge on any atom is 0.307 e. The summed E-state index contributed by atoms with van der Waals surface area (Å²) in [7, 11) is 1.35. The maximum absolute atomic E-state index is 11.8. The molecule has 0 saturated heterocycles. The van der Waals surface area contributed by atoms with E-state index in [1.54, 1.807) is 18.3 Å². The zero-order valence-corrected chi connectivity index (χ0v) is 11.5. The van der Waals surface area contributed by atoms with Crippen LogP contribution in [-0.2, 0) is 16.1 Å². The third-order valence-electron chi connectivity index (χ3n) is 3.04. The predicted octanol–water partition coefficient (Wildman–Crippen LogP) is 2.53. The largest absolute Gasteiger partial charge is 0.469 e. The number of methoxy groups -OCH3 is 1. The van der Waals surface area contributed by atoms with Crippen molar-refractivity contribution in [2.24, 2.45) is 0 Å². The molecule has 0 fully saturated rings. The number of carbonyl (C=O) groups excluding carboxylic acids is 1. The summed E-state index contributed by atoms with van der Waals surface area (Å²) in [6.45, 7) is 2.30. The SMILES string of the molecule is COC(=O)CCn1ccc(=O)c2cc(C)c(Cl)cc21. The van der Waals surface area contributed by atoms with E-state index in [9.17, 15) is 9.59 Å². The number of fused-ring (bicyclic) bond motifs is 1. The van der Waals surface area contributed by atoms with E-state index in [0.717, 1.165) is 11.1 Å². The van der Waals surface area contributed by atoms with Crippen molar-refractivity contribution in [1.82, 2.24) is 4.57 Å². The summed E-state index contributed by atoms with van der Waals surface area (Å²) in [5, 5.41) is 1.21. The van der Waals surface area contributed by atoms with Gasteiger partial charge in [0.25, 0.3) is 0 Å². The monoisotopic (exact) mass is 279 g/mol. The van der Waals surface area contributed by atoms with Crippen LogP contribution in [0.3, 0.4) is 0 Å². The molecule has 2 aromatic rings. The Balaban J connectivity index is 2.50. The normalized spacial score (nSPS) is 10.7. The first kappa shape index (κ1) is 13.6. The first-order chi connectivity index (χ1) is 9.02.